The van der Waals surface area contributed by atoms with E-state index in [1.54, 1.807) is 0 Å². The van der Waals surface area contributed by atoms with Gasteiger partial charge in [0.2, 0.25) is 0 Å². The summed E-state index contributed by atoms with van der Waals surface area (Å²) in [6, 6.07) is 0. The van der Waals surface area contributed by atoms with Crippen LogP contribution < -0.4 is 10.6 Å². The highest BCUT2D eigenvalue weighted by Crippen LogP contribution is 2.13. The molecule has 86 valence electrons. The maximum atomic E-state index is 5.64. The molecule has 0 aromatic rings. The molecule has 0 fully saturated rings. The van der Waals surface area contributed by atoms with E-state index in [2.05, 4.69) is 45.3 Å². The maximum absolute atomic E-state index is 5.64. The number of ether oxygens (including phenoxy) is 1. The molecule has 0 aliphatic heterocycles. The Bertz CT molecular complexity index is 150. The van der Waals surface area contributed by atoms with Crippen LogP contribution in [0.3, 0.4) is 0 Å². The van der Waals surface area contributed by atoms with Crippen LogP contribution in [0.15, 0.2) is 0 Å². The van der Waals surface area contributed by atoms with Gasteiger partial charge >= 0.3 is 0 Å². The summed E-state index contributed by atoms with van der Waals surface area (Å²) in [4.78, 5) is 0. The van der Waals surface area contributed by atoms with E-state index in [-0.39, 0.29) is 11.1 Å². The molecular weight excluding hydrogens is 176 g/mol. The van der Waals surface area contributed by atoms with Crippen molar-refractivity contribution in [3.63, 3.8) is 0 Å². The molecule has 3 nitrogen and oxygen atoms in total. The largest absolute Gasteiger partial charge is 0.360 e. The molecule has 0 bridgehead atoms. The molecule has 0 rings (SSSR count). The Morgan fingerprint density at radius 3 is 2.07 bits per heavy atom. The fourth-order valence-electron chi connectivity index (χ4n) is 1.08. The van der Waals surface area contributed by atoms with Crippen molar-refractivity contribution in [3.8, 4) is 0 Å². The molecule has 14 heavy (non-hydrogen) atoms. The molecule has 0 saturated carbocycles. The number of nitrogens with one attached hydrogen (secondary N) is 2. The monoisotopic (exact) mass is 202 g/mol. The van der Waals surface area contributed by atoms with Gasteiger partial charge in [-0.2, -0.15) is 0 Å². The first-order valence-corrected chi connectivity index (χ1v) is 5.30. The van der Waals surface area contributed by atoms with Gasteiger partial charge in [0.1, 0.15) is 0 Å². The van der Waals surface area contributed by atoms with Crippen LogP contribution in [0.4, 0.5) is 0 Å². The zero-order chi connectivity index (χ0) is 11.2. The Kier molecular flexibility index (Phi) is 5.64. The smallest absolute Gasteiger partial charge is 0.0970 e. The quantitative estimate of drug-likeness (QED) is 0.644. The Morgan fingerprint density at radius 1 is 1.07 bits per heavy atom. The molecule has 0 unspecified atom stereocenters. The van der Waals surface area contributed by atoms with Gasteiger partial charge in [-0.05, 0) is 54.6 Å². The van der Waals surface area contributed by atoms with Gasteiger partial charge in [0.05, 0.1) is 12.3 Å². The summed E-state index contributed by atoms with van der Waals surface area (Å²) in [7, 11) is 1.89. The Morgan fingerprint density at radius 2 is 1.64 bits per heavy atom. The summed E-state index contributed by atoms with van der Waals surface area (Å²) in [5.41, 5.74) is 0.139. The van der Waals surface area contributed by atoms with Crippen LogP contribution in [0.2, 0.25) is 0 Å². The second kappa shape index (κ2) is 5.69. The fourth-order valence-corrected chi connectivity index (χ4v) is 1.08. The first-order valence-electron chi connectivity index (χ1n) is 5.30. The minimum absolute atomic E-state index is 0.0543. The molecule has 0 aromatic heterocycles. The summed E-state index contributed by atoms with van der Waals surface area (Å²) >= 11 is 0. The van der Waals surface area contributed by atoms with Gasteiger partial charge in [-0.3, -0.25) is 5.32 Å². The zero-order valence-electron chi connectivity index (χ0n) is 10.5. The van der Waals surface area contributed by atoms with Crippen molar-refractivity contribution in [2.45, 2.75) is 52.2 Å². The van der Waals surface area contributed by atoms with Gasteiger partial charge in [-0.15, -0.1) is 0 Å². The van der Waals surface area contributed by atoms with Crippen LogP contribution in [0, 0.1) is 0 Å². The number of hydrogen-bond donors (Lipinski definition) is 2. The molecule has 0 atom stereocenters. The van der Waals surface area contributed by atoms with E-state index in [9.17, 15) is 0 Å². The summed E-state index contributed by atoms with van der Waals surface area (Å²) in [5, 5.41) is 6.44. The molecule has 0 aromatic carbocycles. The van der Waals surface area contributed by atoms with E-state index in [0.29, 0.717) is 6.73 Å². The summed E-state index contributed by atoms with van der Waals surface area (Å²) in [6.07, 6.45) is 1.02. The predicted molar refractivity (Wildman–Crippen MR) is 61.5 cm³/mol. The molecule has 3 heteroatoms. The highest BCUT2D eigenvalue weighted by Gasteiger charge is 2.18. The summed E-state index contributed by atoms with van der Waals surface area (Å²) < 4.78 is 5.64. The van der Waals surface area contributed by atoms with Crippen LogP contribution in [0.25, 0.3) is 0 Å². The average molecular weight is 202 g/mol. The van der Waals surface area contributed by atoms with Gasteiger partial charge in [0, 0.05) is 5.54 Å². The predicted octanol–water partition coefficient (Wildman–Crippen LogP) is 1.74. The minimum atomic E-state index is -0.0543. The van der Waals surface area contributed by atoms with Gasteiger partial charge < -0.3 is 10.1 Å². The van der Waals surface area contributed by atoms with Crippen molar-refractivity contribution in [2.75, 3.05) is 20.3 Å². The minimum Gasteiger partial charge on any atom is -0.360 e. The lowest BCUT2D eigenvalue weighted by molar-refractivity contribution is -0.0305. The van der Waals surface area contributed by atoms with Crippen LogP contribution in [-0.4, -0.2) is 31.5 Å². The van der Waals surface area contributed by atoms with Crippen molar-refractivity contribution >= 4 is 0 Å². The van der Waals surface area contributed by atoms with Gasteiger partial charge in [0.25, 0.3) is 0 Å². The number of rotatable bonds is 6. The topological polar surface area (TPSA) is 33.3 Å². The van der Waals surface area contributed by atoms with Gasteiger partial charge in [-0.1, -0.05) is 0 Å². The van der Waals surface area contributed by atoms with E-state index in [1.165, 1.54) is 0 Å². The van der Waals surface area contributed by atoms with Crippen LogP contribution in [0.5, 0.6) is 0 Å². The van der Waals surface area contributed by atoms with E-state index >= 15 is 0 Å². The van der Waals surface area contributed by atoms with Crippen molar-refractivity contribution in [1.82, 2.24) is 10.6 Å². The second-order valence-electron chi connectivity index (χ2n) is 5.33. The summed E-state index contributed by atoms with van der Waals surface area (Å²) in [6.45, 7) is 12.4. The third-order valence-corrected chi connectivity index (χ3v) is 1.99. The van der Waals surface area contributed by atoms with Gasteiger partial charge in [0.15, 0.2) is 0 Å². The van der Waals surface area contributed by atoms with Gasteiger partial charge in [-0.25, -0.2) is 0 Å². The maximum Gasteiger partial charge on any atom is 0.0970 e. The highest BCUT2D eigenvalue weighted by molar-refractivity contribution is 4.75. The van der Waals surface area contributed by atoms with Crippen LogP contribution in [0.1, 0.15) is 41.0 Å². The fraction of sp³-hybridized carbons (Fsp3) is 1.00. The molecule has 0 heterocycles. The van der Waals surface area contributed by atoms with Crippen molar-refractivity contribution in [3.05, 3.63) is 0 Å². The van der Waals surface area contributed by atoms with Crippen LogP contribution >= 0.6 is 0 Å². The lowest BCUT2D eigenvalue weighted by atomic mass is 10.0. The van der Waals surface area contributed by atoms with E-state index in [0.717, 1.165) is 13.0 Å². The Hall–Kier alpha value is -0.120. The lowest BCUT2D eigenvalue weighted by Crippen LogP contribution is -2.40. The SMILES string of the molecule is CNCOC(C)(C)CCNC(C)(C)C. The Labute approximate surface area is 88.6 Å². The lowest BCUT2D eigenvalue weighted by Gasteiger charge is -2.28. The molecular formula is C11H26N2O. The molecule has 2 N–H and O–H groups in total. The number of hydrogen-bond acceptors (Lipinski definition) is 3. The molecule has 0 aliphatic carbocycles. The molecule has 0 radical (unpaired) electrons. The van der Waals surface area contributed by atoms with Crippen molar-refractivity contribution in [2.24, 2.45) is 0 Å². The van der Waals surface area contributed by atoms with Crippen molar-refractivity contribution in [1.29, 1.82) is 0 Å². The first kappa shape index (κ1) is 13.9. The second-order valence-corrected chi connectivity index (χ2v) is 5.33. The van der Waals surface area contributed by atoms with Crippen LogP contribution in [-0.2, 0) is 4.74 Å². The normalized spacial score (nSPS) is 13.3. The standard InChI is InChI=1S/C11H26N2O/c1-10(2,3)13-8-7-11(4,5)14-9-12-6/h12-13H,7-9H2,1-6H3. The van der Waals surface area contributed by atoms with E-state index in [1.807, 2.05) is 7.05 Å². The zero-order valence-corrected chi connectivity index (χ0v) is 10.5. The summed E-state index contributed by atoms with van der Waals surface area (Å²) in [5.74, 6) is 0. The average Bonchev–Trinajstić information content (AvgIpc) is 1.98. The van der Waals surface area contributed by atoms with E-state index < -0.39 is 0 Å². The molecule has 0 aliphatic rings. The molecule has 0 saturated heterocycles. The third kappa shape index (κ3) is 8.48. The Balaban J connectivity index is 3.65. The third-order valence-electron chi connectivity index (χ3n) is 1.99. The molecule has 0 amide bonds. The molecule has 0 spiro atoms. The first-order chi connectivity index (χ1) is 6.27. The highest BCUT2D eigenvalue weighted by atomic mass is 16.5. The van der Waals surface area contributed by atoms with E-state index in [4.69, 9.17) is 4.74 Å². The van der Waals surface area contributed by atoms with Crippen molar-refractivity contribution < 1.29 is 4.74 Å².